The largest absolute Gasteiger partial charge is 0.392 e. The maximum atomic E-state index is 10.1. The fourth-order valence-corrected chi connectivity index (χ4v) is 5.07. The molecule has 1 aromatic heterocycles. The average molecular weight is 395 g/mol. The number of nitrogens with zero attached hydrogens (tertiary/aromatic N) is 2. The normalized spacial score (nSPS) is 14.6. The first kappa shape index (κ1) is 19.3. The minimum Gasteiger partial charge on any atom is -0.392 e. The third kappa shape index (κ3) is 4.03. The molecule has 0 amide bonds. The Morgan fingerprint density at radius 3 is 2.21 bits per heavy atom. The summed E-state index contributed by atoms with van der Waals surface area (Å²) in [5, 5.41) is 21.2. The molecule has 0 fully saturated rings. The predicted molar refractivity (Wildman–Crippen MR) is 112 cm³/mol. The number of fused-ring (bicyclic) bond motifs is 1. The van der Waals surface area contributed by atoms with Gasteiger partial charge in [-0.25, -0.2) is 0 Å². The van der Waals surface area contributed by atoms with Gasteiger partial charge in [0.1, 0.15) is 0 Å². The third-order valence-electron chi connectivity index (χ3n) is 5.29. The van der Waals surface area contributed by atoms with Crippen molar-refractivity contribution in [3.05, 3.63) is 83.0 Å². The zero-order valence-electron chi connectivity index (χ0n) is 15.9. The van der Waals surface area contributed by atoms with Crippen LogP contribution in [-0.4, -0.2) is 26.2 Å². The first-order chi connectivity index (χ1) is 13.8. The van der Waals surface area contributed by atoms with Gasteiger partial charge in [-0.05, 0) is 30.5 Å². The van der Waals surface area contributed by atoms with Crippen LogP contribution in [0, 0.1) is 0 Å². The van der Waals surface area contributed by atoms with Gasteiger partial charge in [0, 0.05) is 34.8 Å². The Bertz CT molecular complexity index is 909. The number of hydrogen-bond donors (Lipinski definition) is 2. The van der Waals surface area contributed by atoms with E-state index in [9.17, 15) is 10.2 Å². The third-order valence-corrected chi connectivity index (χ3v) is 6.46. The fourth-order valence-electron chi connectivity index (χ4n) is 3.97. The zero-order valence-corrected chi connectivity index (χ0v) is 16.7. The molecule has 0 saturated heterocycles. The highest BCUT2D eigenvalue weighted by Gasteiger charge is 2.25. The molecule has 2 N–H and O–H groups in total. The van der Waals surface area contributed by atoms with Crippen molar-refractivity contribution in [3.8, 4) is 0 Å². The van der Waals surface area contributed by atoms with Crippen molar-refractivity contribution in [3.63, 3.8) is 0 Å². The van der Waals surface area contributed by atoms with E-state index >= 15 is 0 Å². The van der Waals surface area contributed by atoms with Crippen LogP contribution in [0.3, 0.4) is 0 Å². The number of aromatic nitrogens is 1. The monoisotopic (exact) mass is 394 g/mol. The molecule has 0 atom stereocenters. The fraction of sp³-hybridized carbons (Fsp3) is 0.304. The van der Waals surface area contributed by atoms with E-state index in [1.165, 1.54) is 11.3 Å². The minimum absolute atomic E-state index is 0.0285. The van der Waals surface area contributed by atoms with Crippen LogP contribution in [0.5, 0.6) is 0 Å². The van der Waals surface area contributed by atoms with Gasteiger partial charge < -0.3 is 14.8 Å². The van der Waals surface area contributed by atoms with E-state index in [0.29, 0.717) is 0 Å². The Hall–Kier alpha value is -2.05. The molecule has 2 aromatic carbocycles. The van der Waals surface area contributed by atoms with Gasteiger partial charge in [-0.15, -0.1) is 0 Å². The molecule has 0 radical (unpaired) electrons. The van der Waals surface area contributed by atoms with E-state index in [1.807, 2.05) is 24.3 Å². The Kier molecular flexibility index (Phi) is 6.17. The summed E-state index contributed by atoms with van der Waals surface area (Å²) in [6.07, 6.45) is 1.97. The lowest BCUT2D eigenvalue weighted by Gasteiger charge is -2.22. The van der Waals surface area contributed by atoms with Crippen molar-refractivity contribution >= 4 is 11.8 Å². The molecule has 3 aromatic rings. The Morgan fingerprint density at radius 1 is 0.857 bits per heavy atom. The first-order valence-corrected chi connectivity index (χ1v) is 10.6. The summed E-state index contributed by atoms with van der Waals surface area (Å²) in [4.78, 5) is 3.59. The van der Waals surface area contributed by atoms with Gasteiger partial charge in [0.2, 0.25) is 0 Å². The van der Waals surface area contributed by atoms with Crippen molar-refractivity contribution in [1.82, 2.24) is 9.47 Å². The lowest BCUT2D eigenvalue weighted by Crippen LogP contribution is -2.26. The zero-order chi connectivity index (χ0) is 19.3. The van der Waals surface area contributed by atoms with E-state index in [-0.39, 0.29) is 13.2 Å². The number of benzene rings is 2. The van der Waals surface area contributed by atoms with Crippen LogP contribution in [-0.2, 0) is 32.8 Å². The van der Waals surface area contributed by atoms with Gasteiger partial charge in [-0.3, -0.25) is 4.90 Å². The highest BCUT2D eigenvalue weighted by atomic mass is 32.2. The van der Waals surface area contributed by atoms with Gasteiger partial charge >= 0.3 is 0 Å². The SMILES string of the molecule is OCc1c(CO)c(Sc2ccccc2)n2c1CCCN(Cc1ccccc1)C2. The van der Waals surface area contributed by atoms with Gasteiger partial charge in [-0.1, -0.05) is 60.3 Å². The summed E-state index contributed by atoms with van der Waals surface area (Å²) in [6, 6.07) is 20.8. The molecule has 2 heterocycles. The molecular weight excluding hydrogens is 368 g/mol. The molecule has 1 aliphatic rings. The van der Waals surface area contributed by atoms with Crippen LogP contribution in [0.4, 0.5) is 0 Å². The summed E-state index contributed by atoms with van der Waals surface area (Å²) in [5.74, 6) is 0. The van der Waals surface area contributed by atoms with Crippen LogP contribution >= 0.6 is 11.8 Å². The molecule has 4 nitrogen and oxygen atoms in total. The van der Waals surface area contributed by atoms with Crippen LogP contribution in [0.2, 0.25) is 0 Å². The number of hydrogen-bond acceptors (Lipinski definition) is 4. The van der Waals surface area contributed by atoms with Gasteiger partial charge in [0.15, 0.2) is 0 Å². The average Bonchev–Trinajstić information content (AvgIpc) is 2.86. The smallest absolute Gasteiger partial charge is 0.0869 e. The van der Waals surface area contributed by atoms with Crippen molar-refractivity contribution in [2.24, 2.45) is 0 Å². The van der Waals surface area contributed by atoms with Crippen LogP contribution in [0.25, 0.3) is 0 Å². The highest BCUT2D eigenvalue weighted by Crippen LogP contribution is 2.37. The molecule has 146 valence electrons. The summed E-state index contributed by atoms with van der Waals surface area (Å²) >= 11 is 1.67. The predicted octanol–water partition coefficient (Wildman–Crippen LogP) is 4.03. The van der Waals surface area contributed by atoms with Crippen molar-refractivity contribution in [2.45, 2.75) is 49.2 Å². The van der Waals surface area contributed by atoms with E-state index in [0.717, 1.165) is 53.6 Å². The summed E-state index contributed by atoms with van der Waals surface area (Å²) in [6.45, 7) is 2.61. The second-order valence-corrected chi connectivity index (χ2v) is 8.21. The van der Waals surface area contributed by atoms with Crippen molar-refractivity contribution < 1.29 is 10.2 Å². The molecule has 0 spiro atoms. The van der Waals surface area contributed by atoms with E-state index in [1.54, 1.807) is 11.8 Å². The molecule has 0 aliphatic carbocycles. The molecule has 0 unspecified atom stereocenters. The lowest BCUT2D eigenvalue weighted by atomic mass is 10.1. The number of aliphatic hydroxyl groups excluding tert-OH is 2. The van der Waals surface area contributed by atoms with E-state index in [4.69, 9.17) is 0 Å². The quantitative estimate of drug-likeness (QED) is 0.663. The Balaban J connectivity index is 1.70. The van der Waals surface area contributed by atoms with Gasteiger partial charge in [-0.2, -0.15) is 0 Å². The molecule has 28 heavy (non-hydrogen) atoms. The standard InChI is InChI=1S/C23H26N2O2S/c26-15-20-21(16-27)23(28-19-10-5-2-6-11-19)25-17-24(13-7-12-22(20)25)14-18-8-3-1-4-9-18/h1-6,8-11,26-27H,7,12-17H2. The summed E-state index contributed by atoms with van der Waals surface area (Å²) in [5.41, 5.74) is 4.25. The topological polar surface area (TPSA) is 48.6 Å². The summed E-state index contributed by atoms with van der Waals surface area (Å²) < 4.78 is 2.31. The van der Waals surface area contributed by atoms with Crippen LogP contribution in [0.1, 0.15) is 28.8 Å². The minimum atomic E-state index is -0.0518. The van der Waals surface area contributed by atoms with Crippen molar-refractivity contribution in [1.29, 1.82) is 0 Å². The second-order valence-electron chi connectivity index (χ2n) is 7.15. The van der Waals surface area contributed by atoms with Crippen LogP contribution < -0.4 is 0 Å². The molecule has 5 heteroatoms. The first-order valence-electron chi connectivity index (χ1n) is 9.74. The molecule has 1 aliphatic heterocycles. The van der Waals surface area contributed by atoms with E-state index in [2.05, 4.69) is 45.9 Å². The van der Waals surface area contributed by atoms with Crippen LogP contribution in [0.15, 0.2) is 70.6 Å². The van der Waals surface area contributed by atoms with Gasteiger partial charge in [0.25, 0.3) is 0 Å². The second kappa shape index (κ2) is 8.97. The van der Waals surface area contributed by atoms with Gasteiger partial charge in [0.05, 0.1) is 24.9 Å². The molecule has 0 saturated carbocycles. The number of rotatable bonds is 6. The lowest BCUT2D eigenvalue weighted by molar-refractivity contribution is 0.210. The Morgan fingerprint density at radius 2 is 1.54 bits per heavy atom. The maximum Gasteiger partial charge on any atom is 0.0869 e. The molecule has 4 rings (SSSR count). The maximum absolute atomic E-state index is 10.1. The van der Waals surface area contributed by atoms with E-state index < -0.39 is 0 Å². The number of aliphatic hydroxyl groups is 2. The molecular formula is C23H26N2O2S. The Labute approximate surface area is 170 Å². The summed E-state index contributed by atoms with van der Waals surface area (Å²) in [7, 11) is 0. The van der Waals surface area contributed by atoms with Crippen molar-refractivity contribution in [2.75, 3.05) is 6.54 Å². The molecule has 0 bridgehead atoms. The highest BCUT2D eigenvalue weighted by molar-refractivity contribution is 7.99.